The molecule has 1 saturated heterocycles. The van der Waals surface area contributed by atoms with E-state index in [1.807, 2.05) is 7.05 Å². The molecule has 90 valence electrons. The summed E-state index contributed by atoms with van der Waals surface area (Å²) in [7, 11) is 4.27. The molecule has 2 atom stereocenters. The van der Waals surface area contributed by atoms with Gasteiger partial charge in [-0.2, -0.15) is 0 Å². The highest BCUT2D eigenvalue weighted by Gasteiger charge is 2.17. The molecule has 0 aromatic carbocycles. The molecule has 3 nitrogen and oxygen atoms in total. The Hall–Kier alpha value is -0.120. The van der Waals surface area contributed by atoms with E-state index in [9.17, 15) is 0 Å². The van der Waals surface area contributed by atoms with Gasteiger partial charge < -0.3 is 15.1 Å². The van der Waals surface area contributed by atoms with Crippen molar-refractivity contribution < 1.29 is 0 Å². The van der Waals surface area contributed by atoms with Gasteiger partial charge in [0.1, 0.15) is 0 Å². The number of nitrogens with zero attached hydrogens (tertiary/aromatic N) is 2. The lowest BCUT2D eigenvalue weighted by Crippen LogP contribution is -2.46. The smallest absolute Gasteiger partial charge is 0.0215 e. The number of nitrogens with one attached hydrogen (secondary N) is 1. The standard InChI is InChI=1S/C12H27N3/c1-11(13-3)12(2)14(4)9-10-15-7-5-6-8-15/h11-13H,5-10H2,1-4H3. The maximum Gasteiger partial charge on any atom is 0.0215 e. The summed E-state index contributed by atoms with van der Waals surface area (Å²) in [6.07, 6.45) is 2.79. The fourth-order valence-corrected chi connectivity index (χ4v) is 2.13. The molecule has 0 bridgehead atoms. The van der Waals surface area contributed by atoms with Crippen LogP contribution in [0.5, 0.6) is 0 Å². The highest BCUT2D eigenvalue weighted by molar-refractivity contribution is 4.76. The van der Waals surface area contributed by atoms with Crippen LogP contribution in [0.1, 0.15) is 26.7 Å². The van der Waals surface area contributed by atoms with Gasteiger partial charge in [0.15, 0.2) is 0 Å². The Morgan fingerprint density at radius 3 is 2.40 bits per heavy atom. The van der Waals surface area contributed by atoms with E-state index in [4.69, 9.17) is 0 Å². The molecule has 1 heterocycles. The molecule has 0 aliphatic carbocycles. The first-order valence-corrected chi connectivity index (χ1v) is 6.25. The summed E-state index contributed by atoms with van der Waals surface area (Å²) in [4.78, 5) is 5.03. The fourth-order valence-electron chi connectivity index (χ4n) is 2.13. The quantitative estimate of drug-likeness (QED) is 0.710. The third kappa shape index (κ3) is 4.09. The molecule has 15 heavy (non-hydrogen) atoms. The average molecular weight is 213 g/mol. The number of likely N-dealkylation sites (tertiary alicyclic amines) is 1. The molecule has 0 amide bonds. The lowest BCUT2D eigenvalue weighted by Gasteiger charge is -2.30. The van der Waals surface area contributed by atoms with E-state index in [0.29, 0.717) is 12.1 Å². The van der Waals surface area contributed by atoms with Crippen LogP contribution in [-0.2, 0) is 0 Å². The Balaban J connectivity index is 2.19. The maximum atomic E-state index is 3.32. The molecule has 3 heteroatoms. The summed E-state index contributed by atoms with van der Waals surface area (Å²) in [5.41, 5.74) is 0. The Morgan fingerprint density at radius 1 is 1.27 bits per heavy atom. The molecule has 0 saturated carbocycles. The van der Waals surface area contributed by atoms with Crippen LogP contribution in [0.2, 0.25) is 0 Å². The average Bonchev–Trinajstić information content (AvgIpc) is 2.76. The summed E-state index contributed by atoms with van der Waals surface area (Å²) < 4.78 is 0. The maximum absolute atomic E-state index is 3.32. The van der Waals surface area contributed by atoms with Gasteiger partial charge in [-0.25, -0.2) is 0 Å². The van der Waals surface area contributed by atoms with Crippen molar-refractivity contribution in [3.05, 3.63) is 0 Å². The molecule has 1 rings (SSSR count). The summed E-state index contributed by atoms with van der Waals surface area (Å²) in [6, 6.07) is 1.17. The van der Waals surface area contributed by atoms with Crippen LogP contribution in [0.25, 0.3) is 0 Å². The second kappa shape index (κ2) is 6.46. The number of likely N-dealkylation sites (N-methyl/N-ethyl adjacent to an activating group) is 2. The van der Waals surface area contributed by atoms with Gasteiger partial charge in [-0.1, -0.05) is 0 Å². The van der Waals surface area contributed by atoms with Crippen molar-refractivity contribution in [2.75, 3.05) is 40.3 Å². The number of hydrogen-bond donors (Lipinski definition) is 1. The Kier molecular flexibility index (Phi) is 5.58. The zero-order valence-corrected chi connectivity index (χ0v) is 10.8. The van der Waals surface area contributed by atoms with E-state index < -0.39 is 0 Å². The summed E-state index contributed by atoms with van der Waals surface area (Å²) in [5.74, 6) is 0. The lowest BCUT2D eigenvalue weighted by molar-refractivity contribution is 0.190. The Morgan fingerprint density at radius 2 is 1.87 bits per heavy atom. The van der Waals surface area contributed by atoms with Gasteiger partial charge in [0.25, 0.3) is 0 Å². The monoisotopic (exact) mass is 213 g/mol. The van der Waals surface area contributed by atoms with E-state index in [-0.39, 0.29) is 0 Å². The molecule has 1 aliphatic rings. The third-order valence-electron chi connectivity index (χ3n) is 3.84. The summed E-state index contributed by atoms with van der Waals surface area (Å²) >= 11 is 0. The zero-order valence-electron chi connectivity index (χ0n) is 10.8. The SMILES string of the molecule is CNC(C)C(C)N(C)CCN1CCCC1. The van der Waals surface area contributed by atoms with Gasteiger partial charge in [0.2, 0.25) is 0 Å². The minimum atomic E-state index is 0.563. The molecular formula is C12H27N3. The van der Waals surface area contributed by atoms with E-state index in [0.717, 1.165) is 0 Å². The topological polar surface area (TPSA) is 18.5 Å². The molecule has 1 fully saturated rings. The molecular weight excluding hydrogens is 186 g/mol. The van der Waals surface area contributed by atoms with Gasteiger partial charge in [0.05, 0.1) is 0 Å². The molecule has 0 aromatic rings. The summed E-state index contributed by atoms with van der Waals surface area (Å²) in [6.45, 7) is 9.58. The minimum absolute atomic E-state index is 0.563. The van der Waals surface area contributed by atoms with Crippen LogP contribution in [0.4, 0.5) is 0 Å². The van der Waals surface area contributed by atoms with Crippen molar-refractivity contribution in [1.29, 1.82) is 0 Å². The van der Waals surface area contributed by atoms with Gasteiger partial charge in [0, 0.05) is 25.2 Å². The normalized spacial score (nSPS) is 22.2. The Bertz CT molecular complexity index is 166. The van der Waals surface area contributed by atoms with Gasteiger partial charge in [-0.3, -0.25) is 0 Å². The molecule has 0 spiro atoms. The number of hydrogen-bond acceptors (Lipinski definition) is 3. The van der Waals surface area contributed by atoms with Gasteiger partial charge >= 0.3 is 0 Å². The van der Waals surface area contributed by atoms with Crippen LogP contribution in [-0.4, -0.2) is 62.2 Å². The van der Waals surface area contributed by atoms with E-state index >= 15 is 0 Å². The van der Waals surface area contributed by atoms with E-state index in [1.54, 1.807) is 0 Å². The van der Waals surface area contributed by atoms with Crippen molar-refractivity contribution in [3.8, 4) is 0 Å². The minimum Gasteiger partial charge on any atom is -0.316 e. The molecule has 1 N–H and O–H groups in total. The highest BCUT2D eigenvalue weighted by Crippen LogP contribution is 2.07. The first-order chi connectivity index (χ1) is 7.15. The van der Waals surface area contributed by atoms with Crippen LogP contribution in [0.3, 0.4) is 0 Å². The van der Waals surface area contributed by atoms with Crippen molar-refractivity contribution in [2.45, 2.75) is 38.8 Å². The predicted octanol–water partition coefficient (Wildman–Crippen LogP) is 1.01. The van der Waals surface area contributed by atoms with Crippen molar-refractivity contribution in [2.24, 2.45) is 0 Å². The van der Waals surface area contributed by atoms with Crippen molar-refractivity contribution in [1.82, 2.24) is 15.1 Å². The third-order valence-corrected chi connectivity index (χ3v) is 3.84. The van der Waals surface area contributed by atoms with E-state index in [1.165, 1.54) is 39.0 Å². The second-order valence-corrected chi connectivity index (χ2v) is 4.85. The summed E-state index contributed by atoms with van der Waals surface area (Å²) in [5, 5.41) is 3.32. The number of rotatable bonds is 6. The largest absolute Gasteiger partial charge is 0.316 e. The predicted molar refractivity (Wildman–Crippen MR) is 66.3 cm³/mol. The van der Waals surface area contributed by atoms with Crippen LogP contribution < -0.4 is 5.32 Å². The van der Waals surface area contributed by atoms with Crippen LogP contribution in [0.15, 0.2) is 0 Å². The van der Waals surface area contributed by atoms with E-state index in [2.05, 4.69) is 36.0 Å². The van der Waals surface area contributed by atoms with Crippen LogP contribution in [0, 0.1) is 0 Å². The fraction of sp³-hybridized carbons (Fsp3) is 1.00. The molecule has 0 aromatic heterocycles. The first kappa shape index (κ1) is 12.9. The lowest BCUT2D eigenvalue weighted by atomic mass is 10.1. The molecule has 2 unspecified atom stereocenters. The van der Waals surface area contributed by atoms with Crippen molar-refractivity contribution in [3.63, 3.8) is 0 Å². The first-order valence-electron chi connectivity index (χ1n) is 6.25. The van der Waals surface area contributed by atoms with Crippen molar-refractivity contribution >= 4 is 0 Å². The second-order valence-electron chi connectivity index (χ2n) is 4.85. The van der Waals surface area contributed by atoms with Crippen LogP contribution >= 0.6 is 0 Å². The highest BCUT2D eigenvalue weighted by atomic mass is 15.2. The molecule has 1 aliphatic heterocycles. The zero-order chi connectivity index (χ0) is 11.3. The molecule has 0 radical (unpaired) electrons. The van der Waals surface area contributed by atoms with Gasteiger partial charge in [-0.15, -0.1) is 0 Å². The van der Waals surface area contributed by atoms with Gasteiger partial charge in [-0.05, 0) is 53.9 Å². The Labute approximate surface area is 94.8 Å².